The number of hydrogen-bond acceptors (Lipinski definition) is 1. The Hall–Kier alpha value is -1.97. The molecule has 0 bridgehead atoms. The largest absolute Gasteiger partial charge is 0.319 e. The molecule has 0 saturated carbocycles. The molecule has 82 valence electrons. The van der Waals surface area contributed by atoms with Crippen LogP contribution in [0.25, 0.3) is 23.1 Å². The van der Waals surface area contributed by atoms with Crippen LogP contribution < -0.4 is 0 Å². The molecule has 0 aromatic carbocycles. The Kier molecular flexibility index (Phi) is 2.56. The molecule has 0 atom stereocenters. The van der Waals surface area contributed by atoms with Gasteiger partial charge < -0.3 is 0 Å². The smallest absolute Gasteiger partial charge is 0.284 e. The molecule has 0 unspecified atom stereocenters. The van der Waals surface area contributed by atoms with Crippen molar-refractivity contribution in [2.75, 3.05) is 0 Å². The average Bonchev–Trinajstić information content (AvgIpc) is 2.62. The van der Waals surface area contributed by atoms with Crippen LogP contribution in [0.3, 0.4) is 0 Å². The van der Waals surface area contributed by atoms with E-state index in [0.717, 1.165) is 4.57 Å². The summed E-state index contributed by atoms with van der Waals surface area (Å²) in [5.41, 5.74) is 1.45. The highest BCUT2D eigenvalue weighted by Gasteiger charge is 2.18. The number of fused-ring (bicyclic) bond motifs is 1. The molecule has 0 aliphatic heterocycles. The van der Waals surface area contributed by atoms with Gasteiger partial charge in [0.25, 0.3) is 0 Å². The predicted molar refractivity (Wildman–Crippen MR) is 61.2 cm³/mol. The minimum Gasteiger partial charge on any atom is -0.284 e. The van der Waals surface area contributed by atoms with Crippen LogP contribution in [0, 0.1) is 0 Å². The number of rotatable bonds is 3. The number of hydrogen-bond donors (Lipinski definition) is 0. The third-order valence-corrected chi connectivity index (χ3v) is 2.48. The monoisotopic (exact) mass is 220 g/mol. The van der Waals surface area contributed by atoms with Crippen molar-refractivity contribution in [3.05, 3.63) is 42.9 Å². The van der Waals surface area contributed by atoms with Gasteiger partial charge in [0.05, 0.1) is 11.2 Å². The summed E-state index contributed by atoms with van der Waals surface area (Å²) in [4.78, 5) is 3.93. The first-order valence-electron chi connectivity index (χ1n) is 4.71. The van der Waals surface area contributed by atoms with E-state index in [1.54, 1.807) is 18.3 Å². The quantitative estimate of drug-likeness (QED) is 0.770. The van der Waals surface area contributed by atoms with Gasteiger partial charge in [0.1, 0.15) is 0 Å². The first-order valence-corrected chi connectivity index (χ1v) is 4.71. The molecule has 0 spiro atoms. The van der Waals surface area contributed by atoms with E-state index >= 15 is 0 Å². The molecule has 2 heterocycles. The summed E-state index contributed by atoms with van der Waals surface area (Å²) < 4.78 is 26.8. The number of alkyl halides is 2. The van der Waals surface area contributed by atoms with E-state index in [9.17, 15) is 8.78 Å². The van der Waals surface area contributed by atoms with E-state index in [1.165, 1.54) is 12.3 Å². The Balaban J connectivity index is 2.95. The summed E-state index contributed by atoms with van der Waals surface area (Å²) in [6.45, 7) is 4.58. The molecule has 0 saturated heterocycles. The lowest BCUT2D eigenvalue weighted by atomic mass is 10.1. The van der Waals surface area contributed by atoms with Crippen molar-refractivity contribution in [3.8, 4) is 0 Å². The van der Waals surface area contributed by atoms with E-state index in [1.807, 2.05) is 0 Å². The molecule has 2 rings (SSSR count). The fourth-order valence-electron chi connectivity index (χ4n) is 1.84. The van der Waals surface area contributed by atoms with Gasteiger partial charge in [-0.1, -0.05) is 19.2 Å². The van der Waals surface area contributed by atoms with Crippen LogP contribution in [0.1, 0.15) is 17.8 Å². The van der Waals surface area contributed by atoms with Crippen molar-refractivity contribution < 1.29 is 8.78 Å². The molecule has 2 aromatic heterocycles. The van der Waals surface area contributed by atoms with E-state index < -0.39 is 6.55 Å². The molecule has 0 N–H and O–H groups in total. The maximum absolute atomic E-state index is 13.0. The van der Waals surface area contributed by atoms with Gasteiger partial charge in [-0.15, -0.1) is 0 Å². The first kappa shape index (κ1) is 10.5. The second-order valence-corrected chi connectivity index (χ2v) is 3.25. The van der Waals surface area contributed by atoms with Gasteiger partial charge in [-0.05, 0) is 12.1 Å². The van der Waals surface area contributed by atoms with Gasteiger partial charge in [0.2, 0.25) is 0 Å². The van der Waals surface area contributed by atoms with Crippen molar-refractivity contribution in [1.29, 1.82) is 0 Å². The fraction of sp³-hybridized carbons (Fsp3) is 0.0833. The van der Waals surface area contributed by atoms with Crippen LogP contribution in [-0.2, 0) is 0 Å². The molecule has 0 radical (unpaired) electrons. The summed E-state index contributed by atoms with van der Waals surface area (Å²) in [5.74, 6) is 0. The third kappa shape index (κ3) is 1.34. The highest BCUT2D eigenvalue weighted by atomic mass is 19.3. The van der Waals surface area contributed by atoms with Crippen molar-refractivity contribution in [2.24, 2.45) is 0 Å². The molecular formula is C12H10F2N2. The summed E-state index contributed by atoms with van der Waals surface area (Å²) in [6, 6.07) is 1.56. The average molecular weight is 220 g/mol. The minimum atomic E-state index is -2.61. The minimum absolute atomic E-state index is 0.369. The molecule has 0 aliphatic rings. The van der Waals surface area contributed by atoms with Crippen LogP contribution in [0.2, 0.25) is 0 Å². The van der Waals surface area contributed by atoms with Gasteiger partial charge in [-0.3, -0.25) is 9.55 Å². The lowest BCUT2D eigenvalue weighted by molar-refractivity contribution is 0.0746. The predicted octanol–water partition coefficient (Wildman–Crippen LogP) is 3.72. The van der Waals surface area contributed by atoms with Crippen LogP contribution in [-0.4, -0.2) is 9.55 Å². The lowest BCUT2D eigenvalue weighted by Crippen LogP contribution is -2.00. The Bertz CT molecular complexity index is 555. The molecule has 16 heavy (non-hydrogen) atoms. The number of aromatic nitrogens is 2. The standard InChI is InChI=1S/C12H10F2N2/c1-3-8-9-7-15-6-5-11(9)16(12(13)14)10(8)4-2/h3-7,12H,1-2H2. The Morgan fingerprint density at radius 2 is 2.06 bits per heavy atom. The molecule has 2 nitrogen and oxygen atoms in total. The summed E-state index contributed by atoms with van der Waals surface area (Å²) in [5, 5.41) is 0.660. The summed E-state index contributed by atoms with van der Waals surface area (Å²) in [6.07, 6.45) is 5.99. The van der Waals surface area contributed by atoms with E-state index in [4.69, 9.17) is 0 Å². The highest BCUT2D eigenvalue weighted by Crippen LogP contribution is 2.31. The number of halogens is 2. The topological polar surface area (TPSA) is 17.8 Å². The van der Waals surface area contributed by atoms with Crippen molar-refractivity contribution in [2.45, 2.75) is 6.55 Å². The second kappa shape index (κ2) is 3.89. The van der Waals surface area contributed by atoms with E-state index in [-0.39, 0.29) is 0 Å². The Labute approximate surface area is 91.5 Å². The normalized spacial score (nSPS) is 10.9. The van der Waals surface area contributed by atoms with E-state index in [0.29, 0.717) is 22.2 Å². The zero-order chi connectivity index (χ0) is 11.7. The molecule has 0 aliphatic carbocycles. The first-order chi connectivity index (χ1) is 7.70. The summed E-state index contributed by atoms with van der Waals surface area (Å²) >= 11 is 0. The van der Waals surface area contributed by atoms with E-state index in [2.05, 4.69) is 18.1 Å². The molecule has 2 aromatic rings. The molecule has 0 fully saturated rings. The third-order valence-electron chi connectivity index (χ3n) is 2.48. The summed E-state index contributed by atoms with van der Waals surface area (Å²) in [7, 11) is 0. The van der Waals surface area contributed by atoms with Gasteiger partial charge in [0.15, 0.2) is 0 Å². The maximum atomic E-state index is 13.0. The van der Waals surface area contributed by atoms with Crippen LogP contribution in [0.5, 0.6) is 0 Å². The number of nitrogens with zero attached hydrogens (tertiary/aromatic N) is 2. The van der Waals surface area contributed by atoms with Gasteiger partial charge in [0, 0.05) is 23.3 Å². The molecular weight excluding hydrogens is 210 g/mol. The lowest BCUT2D eigenvalue weighted by Gasteiger charge is -2.06. The van der Waals surface area contributed by atoms with Crippen molar-refractivity contribution >= 4 is 23.1 Å². The van der Waals surface area contributed by atoms with Crippen LogP contribution in [0.4, 0.5) is 8.78 Å². The van der Waals surface area contributed by atoms with Crippen molar-refractivity contribution in [1.82, 2.24) is 9.55 Å². The zero-order valence-electron chi connectivity index (χ0n) is 8.53. The second-order valence-electron chi connectivity index (χ2n) is 3.25. The van der Waals surface area contributed by atoms with Gasteiger partial charge in [-0.2, -0.15) is 8.78 Å². The molecule has 0 amide bonds. The Morgan fingerprint density at radius 1 is 1.31 bits per heavy atom. The Morgan fingerprint density at radius 3 is 2.62 bits per heavy atom. The van der Waals surface area contributed by atoms with Crippen molar-refractivity contribution in [3.63, 3.8) is 0 Å². The van der Waals surface area contributed by atoms with Gasteiger partial charge >= 0.3 is 6.55 Å². The zero-order valence-corrected chi connectivity index (χ0v) is 8.53. The van der Waals surface area contributed by atoms with Crippen LogP contribution in [0.15, 0.2) is 31.6 Å². The SMILES string of the molecule is C=Cc1c(C=C)n(C(F)F)c2ccncc12. The fourth-order valence-corrected chi connectivity index (χ4v) is 1.84. The van der Waals surface area contributed by atoms with Crippen LogP contribution >= 0.6 is 0 Å². The number of pyridine rings is 1. The molecule has 4 heteroatoms. The maximum Gasteiger partial charge on any atom is 0.319 e. The highest BCUT2D eigenvalue weighted by molar-refractivity contribution is 5.93. The van der Waals surface area contributed by atoms with Gasteiger partial charge in [-0.25, -0.2) is 0 Å².